The first kappa shape index (κ1) is 11.9. The standard InChI is InChI=1S/C8H15.Li/c1-4-6-7-8(3)5-2;/h4,6,8H,1,5,7H2,2-3H3;/q-1;+1. The summed E-state index contributed by atoms with van der Waals surface area (Å²) in [4.78, 5) is 0. The summed E-state index contributed by atoms with van der Waals surface area (Å²) in [5, 5.41) is 0. The molecular weight excluding hydrogens is 103 g/mol. The molecule has 0 aliphatic rings. The first-order valence-corrected chi connectivity index (χ1v) is 3.25. The van der Waals surface area contributed by atoms with Gasteiger partial charge in [-0.15, -0.1) is 0 Å². The van der Waals surface area contributed by atoms with Crippen molar-refractivity contribution in [3.63, 3.8) is 0 Å². The Labute approximate surface area is 70.9 Å². The van der Waals surface area contributed by atoms with Crippen LogP contribution in [0.25, 0.3) is 0 Å². The molecule has 0 heterocycles. The molecule has 0 saturated carbocycles. The minimum Gasteiger partial charge on any atom is -0.245 e. The molecule has 0 radical (unpaired) electrons. The fourth-order valence-corrected chi connectivity index (χ4v) is 0.495. The smallest absolute Gasteiger partial charge is 0.245 e. The molecular formula is C8H15Li. The third-order valence-corrected chi connectivity index (χ3v) is 1.40. The summed E-state index contributed by atoms with van der Waals surface area (Å²) < 4.78 is 0. The molecule has 9 heavy (non-hydrogen) atoms. The third kappa shape index (κ3) is 8.21. The Balaban J connectivity index is 0. The fourth-order valence-electron chi connectivity index (χ4n) is 0.495. The maximum atomic E-state index is 3.61. The van der Waals surface area contributed by atoms with Gasteiger partial charge in [0.1, 0.15) is 0 Å². The second-order valence-corrected chi connectivity index (χ2v) is 2.22. The maximum Gasteiger partial charge on any atom is 1.00 e. The van der Waals surface area contributed by atoms with Crippen molar-refractivity contribution >= 4 is 0 Å². The van der Waals surface area contributed by atoms with Gasteiger partial charge in [0, 0.05) is 0 Å². The van der Waals surface area contributed by atoms with E-state index in [2.05, 4.69) is 26.8 Å². The molecule has 48 valence electrons. The van der Waals surface area contributed by atoms with Crippen LogP contribution in [-0.4, -0.2) is 0 Å². The molecule has 0 aliphatic heterocycles. The van der Waals surface area contributed by atoms with Gasteiger partial charge in [0.15, 0.2) is 0 Å². The number of allylic oxidation sites excluding steroid dienone is 2. The molecule has 0 N–H and O–H groups in total. The first-order valence-electron chi connectivity index (χ1n) is 3.25. The van der Waals surface area contributed by atoms with Gasteiger partial charge in [0.2, 0.25) is 0 Å². The van der Waals surface area contributed by atoms with Gasteiger partial charge in [-0.1, -0.05) is 32.6 Å². The SMILES string of the molecule is [CH2-]C=CCC(C)CC.[Li+]. The second-order valence-electron chi connectivity index (χ2n) is 2.22. The summed E-state index contributed by atoms with van der Waals surface area (Å²) in [6, 6.07) is 0. The van der Waals surface area contributed by atoms with Crippen LogP contribution in [0.2, 0.25) is 0 Å². The van der Waals surface area contributed by atoms with Gasteiger partial charge in [0.05, 0.1) is 0 Å². The minimum absolute atomic E-state index is 0. The van der Waals surface area contributed by atoms with Crippen molar-refractivity contribution in [1.82, 2.24) is 0 Å². The molecule has 0 amide bonds. The normalized spacial score (nSPS) is 13.1. The topological polar surface area (TPSA) is 0 Å². The van der Waals surface area contributed by atoms with E-state index < -0.39 is 0 Å². The first-order chi connectivity index (χ1) is 3.81. The van der Waals surface area contributed by atoms with Crippen molar-refractivity contribution in [2.75, 3.05) is 0 Å². The van der Waals surface area contributed by atoms with Gasteiger partial charge >= 0.3 is 18.9 Å². The minimum atomic E-state index is 0. The summed E-state index contributed by atoms with van der Waals surface area (Å²) in [6.45, 7) is 8.07. The number of hydrogen-bond donors (Lipinski definition) is 0. The van der Waals surface area contributed by atoms with E-state index in [9.17, 15) is 0 Å². The number of hydrogen-bond acceptors (Lipinski definition) is 0. The van der Waals surface area contributed by atoms with Gasteiger partial charge < -0.3 is 0 Å². The summed E-state index contributed by atoms with van der Waals surface area (Å²) in [7, 11) is 0. The number of rotatable bonds is 3. The molecule has 0 aromatic heterocycles. The van der Waals surface area contributed by atoms with E-state index in [0.29, 0.717) is 0 Å². The Morgan fingerprint density at radius 2 is 2.11 bits per heavy atom. The summed E-state index contributed by atoms with van der Waals surface area (Å²) in [5.41, 5.74) is 0. The van der Waals surface area contributed by atoms with Crippen LogP contribution in [-0.2, 0) is 0 Å². The molecule has 0 bridgehead atoms. The second kappa shape index (κ2) is 8.21. The van der Waals surface area contributed by atoms with Crippen LogP contribution in [0.1, 0.15) is 26.7 Å². The Bertz CT molecular complexity index is 67.0. The van der Waals surface area contributed by atoms with E-state index in [1.165, 1.54) is 12.8 Å². The van der Waals surface area contributed by atoms with Gasteiger partial charge in [-0.3, -0.25) is 0 Å². The quantitative estimate of drug-likeness (QED) is 0.356. The van der Waals surface area contributed by atoms with Gasteiger partial charge in [-0.2, -0.15) is 0 Å². The predicted octanol–water partition coefficient (Wildman–Crippen LogP) is -0.183. The monoisotopic (exact) mass is 118 g/mol. The van der Waals surface area contributed by atoms with Crippen molar-refractivity contribution < 1.29 is 18.9 Å². The summed E-state index contributed by atoms with van der Waals surface area (Å²) in [5.74, 6) is 0.827. The molecule has 0 spiro atoms. The van der Waals surface area contributed by atoms with Crippen LogP contribution >= 0.6 is 0 Å². The molecule has 0 rings (SSSR count). The van der Waals surface area contributed by atoms with Gasteiger partial charge in [-0.25, -0.2) is 19.1 Å². The Kier molecular flexibility index (Phi) is 10.9. The van der Waals surface area contributed by atoms with Crippen molar-refractivity contribution in [3.05, 3.63) is 19.1 Å². The Morgan fingerprint density at radius 3 is 2.44 bits per heavy atom. The van der Waals surface area contributed by atoms with E-state index in [-0.39, 0.29) is 18.9 Å². The van der Waals surface area contributed by atoms with E-state index in [0.717, 1.165) is 5.92 Å². The zero-order valence-electron chi connectivity index (χ0n) is 6.85. The van der Waals surface area contributed by atoms with Crippen LogP contribution in [0.4, 0.5) is 0 Å². The van der Waals surface area contributed by atoms with Crippen LogP contribution in [0.3, 0.4) is 0 Å². The van der Waals surface area contributed by atoms with E-state index >= 15 is 0 Å². The maximum absolute atomic E-state index is 3.61. The zero-order chi connectivity index (χ0) is 6.41. The average molecular weight is 118 g/mol. The fraction of sp³-hybridized carbons (Fsp3) is 0.625. The molecule has 1 heteroatoms. The van der Waals surface area contributed by atoms with Crippen molar-refractivity contribution in [1.29, 1.82) is 0 Å². The van der Waals surface area contributed by atoms with Crippen molar-refractivity contribution in [2.45, 2.75) is 26.7 Å². The van der Waals surface area contributed by atoms with E-state index in [1.54, 1.807) is 0 Å². The molecule has 1 atom stereocenters. The van der Waals surface area contributed by atoms with Crippen LogP contribution in [0.15, 0.2) is 12.2 Å². The molecule has 0 fully saturated rings. The van der Waals surface area contributed by atoms with Crippen LogP contribution in [0.5, 0.6) is 0 Å². The molecule has 0 nitrogen and oxygen atoms in total. The largest absolute Gasteiger partial charge is 1.00 e. The molecule has 1 unspecified atom stereocenters. The zero-order valence-corrected chi connectivity index (χ0v) is 6.85. The van der Waals surface area contributed by atoms with Crippen molar-refractivity contribution in [3.8, 4) is 0 Å². The van der Waals surface area contributed by atoms with Gasteiger partial charge in [-0.05, 0) is 0 Å². The predicted molar refractivity (Wildman–Crippen MR) is 38.6 cm³/mol. The molecule has 0 aliphatic carbocycles. The van der Waals surface area contributed by atoms with E-state index in [1.807, 2.05) is 6.08 Å². The van der Waals surface area contributed by atoms with Gasteiger partial charge in [0.25, 0.3) is 0 Å². The summed E-state index contributed by atoms with van der Waals surface area (Å²) in [6.07, 6.45) is 6.44. The van der Waals surface area contributed by atoms with Crippen LogP contribution in [0, 0.1) is 12.8 Å². The Hall–Kier alpha value is 0.207. The Morgan fingerprint density at radius 1 is 1.56 bits per heavy atom. The average Bonchev–Trinajstić information content (AvgIpc) is 1.83. The van der Waals surface area contributed by atoms with Crippen molar-refractivity contribution in [2.24, 2.45) is 5.92 Å². The van der Waals surface area contributed by atoms with E-state index in [4.69, 9.17) is 0 Å². The molecule has 0 aromatic carbocycles. The molecule has 0 saturated heterocycles. The van der Waals surface area contributed by atoms with Crippen LogP contribution < -0.4 is 18.9 Å². The molecule has 0 aromatic rings. The summed E-state index contributed by atoms with van der Waals surface area (Å²) >= 11 is 0. The third-order valence-electron chi connectivity index (χ3n) is 1.40.